The average molecular weight is 355 g/mol. The van der Waals surface area contributed by atoms with Crippen LogP contribution in [0.5, 0.6) is 11.5 Å². The molecule has 1 saturated heterocycles. The number of carbonyl (C=O) groups excluding carboxylic acids is 1. The molecule has 1 unspecified atom stereocenters. The van der Waals surface area contributed by atoms with Crippen molar-refractivity contribution in [1.29, 1.82) is 0 Å². The summed E-state index contributed by atoms with van der Waals surface area (Å²) < 4.78 is 16.9. The number of hydrogen-bond donors (Lipinski definition) is 1. The molecule has 138 valence electrons. The van der Waals surface area contributed by atoms with Gasteiger partial charge in [0.25, 0.3) is 5.91 Å². The molecule has 1 fully saturated rings. The first-order valence-electron chi connectivity index (χ1n) is 9.05. The molecule has 26 heavy (non-hydrogen) atoms. The molecule has 1 aliphatic heterocycles. The Balaban J connectivity index is 1.61. The van der Waals surface area contributed by atoms with E-state index >= 15 is 0 Å². The molecular formula is C21H25NO4. The van der Waals surface area contributed by atoms with E-state index in [4.69, 9.17) is 14.2 Å². The van der Waals surface area contributed by atoms with Gasteiger partial charge in [0.15, 0.2) is 0 Å². The van der Waals surface area contributed by atoms with Crippen LogP contribution in [0.1, 0.15) is 35.7 Å². The van der Waals surface area contributed by atoms with Crippen LogP contribution in [0.15, 0.2) is 42.5 Å². The van der Waals surface area contributed by atoms with Gasteiger partial charge in [-0.15, -0.1) is 0 Å². The summed E-state index contributed by atoms with van der Waals surface area (Å²) in [7, 11) is 0. The molecule has 5 nitrogen and oxygen atoms in total. The minimum atomic E-state index is -0.160. The molecule has 1 N–H and O–H groups in total. The SMILES string of the molecule is CCOc1ccc(C(=O)Nc2cccc(OCC3CCCO3)c2)cc1C. The van der Waals surface area contributed by atoms with Crippen LogP contribution in [0, 0.1) is 6.92 Å². The summed E-state index contributed by atoms with van der Waals surface area (Å²) in [6, 6.07) is 12.8. The van der Waals surface area contributed by atoms with Crippen molar-refractivity contribution in [2.75, 3.05) is 25.1 Å². The van der Waals surface area contributed by atoms with E-state index < -0.39 is 0 Å². The Morgan fingerprint density at radius 1 is 1.23 bits per heavy atom. The van der Waals surface area contributed by atoms with Gasteiger partial charge in [0.1, 0.15) is 18.1 Å². The molecule has 0 aliphatic carbocycles. The maximum Gasteiger partial charge on any atom is 0.255 e. The van der Waals surface area contributed by atoms with Crippen molar-refractivity contribution in [2.45, 2.75) is 32.8 Å². The van der Waals surface area contributed by atoms with E-state index in [2.05, 4.69) is 5.32 Å². The van der Waals surface area contributed by atoms with Crippen LogP contribution in [0.2, 0.25) is 0 Å². The third kappa shape index (κ3) is 4.76. The number of hydrogen-bond acceptors (Lipinski definition) is 4. The van der Waals surface area contributed by atoms with Gasteiger partial charge in [0.2, 0.25) is 0 Å². The van der Waals surface area contributed by atoms with Gasteiger partial charge in [-0.25, -0.2) is 0 Å². The zero-order valence-electron chi connectivity index (χ0n) is 15.3. The van der Waals surface area contributed by atoms with Crippen molar-refractivity contribution in [3.63, 3.8) is 0 Å². The molecule has 2 aromatic rings. The molecule has 1 atom stereocenters. The average Bonchev–Trinajstić information content (AvgIpc) is 3.16. The summed E-state index contributed by atoms with van der Waals surface area (Å²) in [4.78, 5) is 12.5. The number of ether oxygens (including phenoxy) is 3. The third-order valence-corrected chi connectivity index (χ3v) is 4.29. The molecular weight excluding hydrogens is 330 g/mol. The highest BCUT2D eigenvalue weighted by Crippen LogP contribution is 2.22. The quantitative estimate of drug-likeness (QED) is 0.808. The second kappa shape index (κ2) is 8.72. The Labute approximate surface area is 154 Å². The molecule has 5 heteroatoms. The Morgan fingerprint density at radius 2 is 2.12 bits per heavy atom. The normalized spacial score (nSPS) is 16.3. The fraction of sp³-hybridized carbons (Fsp3) is 0.381. The molecule has 0 spiro atoms. The second-order valence-electron chi connectivity index (χ2n) is 6.34. The lowest BCUT2D eigenvalue weighted by Crippen LogP contribution is -2.16. The molecule has 2 aromatic carbocycles. The number of aryl methyl sites for hydroxylation is 1. The number of anilines is 1. The minimum absolute atomic E-state index is 0.160. The highest BCUT2D eigenvalue weighted by molar-refractivity contribution is 6.04. The monoisotopic (exact) mass is 355 g/mol. The maximum absolute atomic E-state index is 12.5. The Kier molecular flexibility index (Phi) is 6.12. The minimum Gasteiger partial charge on any atom is -0.494 e. The first-order valence-corrected chi connectivity index (χ1v) is 9.05. The Hall–Kier alpha value is -2.53. The van der Waals surface area contributed by atoms with Crippen LogP contribution in [0.25, 0.3) is 0 Å². The first-order chi connectivity index (χ1) is 12.7. The molecule has 1 heterocycles. The topological polar surface area (TPSA) is 56.8 Å². The van der Waals surface area contributed by atoms with Gasteiger partial charge in [-0.2, -0.15) is 0 Å². The molecule has 1 amide bonds. The third-order valence-electron chi connectivity index (χ3n) is 4.29. The van der Waals surface area contributed by atoms with Crippen LogP contribution in [0.4, 0.5) is 5.69 Å². The Bertz CT molecular complexity index is 753. The van der Waals surface area contributed by atoms with E-state index in [1.165, 1.54) is 0 Å². The second-order valence-corrected chi connectivity index (χ2v) is 6.34. The lowest BCUT2D eigenvalue weighted by molar-refractivity contribution is 0.0680. The van der Waals surface area contributed by atoms with Crippen LogP contribution >= 0.6 is 0 Å². The van der Waals surface area contributed by atoms with Gasteiger partial charge in [-0.05, 0) is 62.6 Å². The number of rotatable bonds is 7. The van der Waals surface area contributed by atoms with Gasteiger partial charge >= 0.3 is 0 Å². The highest BCUT2D eigenvalue weighted by atomic mass is 16.5. The molecule has 0 radical (unpaired) electrons. The number of amides is 1. The largest absolute Gasteiger partial charge is 0.494 e. The maximum atomic E-state index is 12.5. The summed E-state index contributed by atoms with van der Waals surface area (Å²) in [6.07, 6.45) is 2.29. The van der Waals surface area contributed by atoms with Crippen molar-refractivity contribution in [3.8, 4) is 11.5 Å². The van der Waals surface area contributed by atoms with Crippen LogP contribution in [0.3, 0.4) is 0 Å². The molecule has 3 rings (SSSR count). The van der Waals surface area contributed by atoms with Gasteiger partial charge in [0, 0.05) is 23.9 Å². The number of carbonyl (C=O) groups is 1. The predicted molar refractivity (Wildman–Crippen MR) is 101 cm³/mol. The lowest BCUT2D eigenvalue weighted by atomic mass is 10.1. The lowest BCUT2D eigenvalue weighted by Gasteiger charge is -2.13. The molecule has 0 aromatic heterocycles. The summed E-state index contributed by atoms with van der Waals surface area (Å²) in [5, 5.41) is 2.91. The van der Waals surface area contributed by atoms with Crippen LogP contribution in [-0.2, 0) is 4.74 Å². The Morgan fingerprint density at radius 3 is 2.85 bits per heavy atom. The number of nitrogens with one attached hydrogen (secondary N) is 1. The first kappa shape index (κ1) is 18.3. The van der Waals surface area contributed by atoms with Crippen molar-refractivity contribution >= 4 is 11.6 Å². The fourth-order valence-corrected chi connectivity index (χ4v) is 2.94. The van der Waals surface area contributed by atoms with Gasteiger partial charge < -0.3 is 19.5 Å². The zero-order chi connectivity index (χ0) is 18.4. The van der Waals surface area contributed by atoms with Crippen molar-refractivity contribution in [2.24, 2.45) is 0 Å². The van der Waals surface area contributed by atoms with Crippen LogP contribution < -0.4 is 14.8 Å². The van der Waals surface area contributed by atoms with Crippen molar-refractivity contribution < 1.29 is 19.0 Å². The van der Waals surface area contributed by atoms with Gasteiger partial charge in [-0.3, -0.25) is 4.79 Å². The van der Waals surface area contributed by atoms with E-state index in [0.717, 1.165) is 36.5 Å². The predicted octanol–water partition coefficient (Wildman–Crippen LogP) is 4.20. The van der Waals surface area contributed by atoms with Gasteiger partial charge in [0.05, 0.1) is 12.7 Å². The van der Waals surface area contributed by atoms with E-state index in [1.54, 1.807) is 6.07 Å². The van der Waals surface area contributed by atoms with Crippen molar-refractivity contribution in [1.82, 2.24) is 0 Å². The zero-order valence-corrected chi connectivity index (χ0v) is 15.3. The summed E-state index contributed by atoms with van der Waals surface area (Å²) in [5.41, 5.74) is 2.23. The van der Waals surface area contributed by atoms with E-state index in [1.807, 2.05) is 50.2 Å². The smallest absolute Gasteiger partial charge is 0.255 e. The number of benzene rings is 2. The standard InChI is InChI=1S/C21H25NO4/c1-3-24-20-10-9-16(12-15(20)2)21(23)22-17-6-4-7-18(13-17)26-14-19-8-5-11-25-19/h4,6-7,9-10,12-13,19H,3,5,8,11,14H2,1-2H3,(H,22,23). The summed E-state index contributed by atoms with van der Waals surface area (Å²) >= 11 is 0. The fourth-order valence-electron chi connectivity index (χ4n) is 2.94. The summed E-state index contributed by atoms with van der Waals surface area (Å²) in [6.45, 7) is 5.82. The van der Waals surface area contributed by atoms with E-state index in [-0.39, 0.29) is 12.0 Å². The molecule has 0 bridgehead atoms. The molecule has 1 aliphatic rings. The van der Waals surface area contributed by atoms with Crippen molar-refractivity contribution in [3.05, 3.63) is 53.6 Å². The van der Waals surface area contributed by atoms with E-state index in [0.29, 0.717) is 24.5 Å². The summed E-state index contributed by atoms with van der Waals surface area (Å²) in [5.74, 6) is 1.36. The molecule has 0 saturated carbocycles. The van der Waals surface area contributed by atoms with Crippen LogP contribution in [-0.4, -0.2) is 31.8 Å². The highest BCUT2D eigenvalue weighted by Gasteiger charge is 2.16. The van der Waals surface area contributed by atoms with E-state index in [9.17, 15) is 4.79 Å². The van der Waals surface area contributed by atoms with Gasteiger partial charge in [-0.1, -0.05) is 6.07 Å².